The molecule has 0 radical (unpaired) electrons. The van der Waals surface area contributed by atoms with E-state index >= 15 is 0 Å². The summed E-state index contributed by atoms with van der Waals surface area (Å²) < 4.78 is 9.40. The average Bonchev–Trinajstić information content (AvgIpc) is 2.34. The summed E-state index contributed by atoms with van der Waals surface area (Å²) >= 11 is 0. The molecule has 0 spiro atoms. The summed E-state index contributed by atoms with van der Waals surface area (Å²) in [5.41, 5.74) is 0.790. The summed E-state index contributed by atoms with van der Waals surface area (Å²) in [7, 11) is 1.56. The lowest BCUT2D eigenvalue weighted by Crippen LogP contribution is -2.10. The Balaban J connectivity index is 2.51. The van der Waals surface area contributed by atoms with E-state index in [-0.39, 0.29) is 0 Å². The van der Waals surface area contributed by atoms with Crippen LogP contribution < -0.4 is 4.74 Å². The van der Waals surface area contributed by atoms with E-state index in [4.69, 9.17) is 9.84 Å². The molecule has 0 fully saturated rings. The third kappa shape index (κ3) is 4.83. The van der Waals surface area contributed by atoms with Crippen molar-refractivity contribution in [2.24, 2.45) is 0 Å². The van der Waals surface area contributed by atoms with Gasteiger partial charge in [-0.2, -0.15) is 0 Å². The van der Waals surface area contributed by atoms with Crippen LogP contribution in [0, 0.1) is 0 Å². The maximum absolute atomic E-state index is 11.0. The molecule has 0 atom stereocenters. The molecular formula is C12H12O5. The van der Waals surface area contributed by atoms with Gasteiger partial charge in [0, 0.05) is 6.08 Å². The van der Waals surface area contributed by atoms with Gasteiger partial charge in [0.25, 0.3) is 0 Å². The van der Waals surface area contributed by atoms with E-state index in [0.717, 1.165) is 11.3 Å². The number of hydrogen-bond donors (Lipinski definition) is 1. The third-order valence-corrected chi connectivity index (χ3v) is 1.87. The fourth-order valence-electron chi connectivity index (χ4n) is 1.06. The van der Waals surface area contributed by atoms with Gasteiger partial charge in [0.1, 0.15) is 5.75 Å². The predicted octanol–water partition coefficient (Wildman–Crippen LogP) is 1.34. The smallest absolute Gasteiger partial charge is 0.341 e. The van der Waals surface area contributed by atoms with Crippen molar-refractivity contribution in [3.05, 3.63) is 35.9 Å². The number of benzene rings is 1. The summed E-state index contributed by atoms with van der Waals surface area (Å²) in [5.74, 6) is -1.16. The molecule has 17 heavy (non-hydrogen) atoms. The van der Waals surface area contributed by atoms with Crippen LogP contribution in [0.2, 0.25) is 0 Å². The van der Waals surface area contributed by atoms with Crippen molar-refractivity contribution < 1.29 is 24.2 Å². The quantitative estimate of drug-likeness (QED) is 0.616. The van der Waals surface area contributed by atoms with E-state index in [2.05, 4.69) is 4.74 Å². The average molecular weight is 236 g/mol. The van der Waals surface area contributed by atoms with E-state index < -0.39 is 18.5 Å². The van der Waals surface area contributed by atoms with Gasteiger partial charge in [-0.15, -0.1) is 0 Å². The molecule has 0 saturated heterocycles. The second kappa shape index (κ2) is 6.32. The Kier molecular flexibility index (Phi) is 4.75. The zero-order valence-electron chi connectivity index (χ0n) is 9.25. The predicted molar refractivity (Wildman–Crippen MR) is 60.6 cm³/mol. The van der Waals surface area contributed by atoms with Gasteiger partial charge in [-0.3, -0.25) is 0 Å². The minimum Gasteiger partial charge on any atom is -0.497 e. The largest absolute Gasteiger partial charge is 0.497 e. The molecule has 0 bridgehead atoms. The van der Waals surface area contributed by atoms with Crippen LogP contribution in [-0.4, -0.2) is 30.8 Å². The lowest BCUT2D eigenvalue weighted by atomic mass is 10.2. The Labute approximate surface area is 98.3 Å². The first-order valence-electron chi connectivity index (χ1n) is 4.82. The number of carboxylic acid groups (broad SMARTS) is 1. The molecule has 1 aromatic rings. The highest BCUT2D eigenvalue weighted by atomic mass is 16.5. The number of methoxy groups -OCH3 is 1. The summed E-state index contributed by atoms with van der Waals surface area (Å²) in [4.78, 5) is 21.2. The fraction of sp³-hybridized carbons (Fsp3) is 0.167. The number of esters is 1. The molecule has 1 aromatic carbocycles. The van der Waals surface area contributed by atoms with Crippen LogP contribution in [0.25, 0.3) is 6.08 Å². The first-order chi connectivity index (χ1) is 8.11. The minimum atomic E-state index is -1.18. The Morgan fingerprint density at radius 3 is 2.47 bits per heavy atom. The number of carbonyl (C=O) groups is 2. The van der Waals surface area contributed by atoms with Crippen molar-refractivity contribution in [1.29, 1.82) is 0 Å². The molecule has 5 nitrogen and oxygen atoms in total. The highest BCUT2D eigenvalue weighted by molar-refractivity contribution is 5.88. The van der Waals surface area contributed by atoms with Gasteiger partial charge >= 0.3 is 11.9 Å². The molecular weight excluding hydrogens is 224 g/mol. The van der Waals surface area contributed by atoms with Crippen LogP contribution in [0.4, 0.5) is 0 Å². The number of carbonyl (C=O) groups excluding carboxylic acids is 1. The van der Waals surface area contributed by atoms with E-state index in [0.29, 0.717) is 0 Å². The van der Waals surface area contributed by atoms with Crippen molar-refractivity contribution in [2.45, 2.75) is 0 Å². The topological polar surface area (TPSA) is 72.8 Å². The van der Waals surface area contributed by atoms with Gasteiger partial charge in [0.05, 0.1) is 7.11 Å². The second-order valence-electron chi connectivity index (χ2n) is 3.11. The first-order valence-corrected chi connectivity index (χ1v) is 4.82. The van der Waals surface area contributed by atoms with Crippen molar-refractivity contribution in [3.8, 4) is 5.75 Å². The zero-order valence-corrected chi connectivity index (χ0v) is 9.25. The number of aliphatic carboxylic acids is 1. The Bertz CT molecular complexity index is 419. The maximum atomic E-state index is 11.0. The number of carboxylic acids is 1. The van der Waals surface area contributed by atoms with Crippen molar-refractivity contribution in [2.75, 3.05) is 13.7 Å². The van der Waals surface area contributed by atoms with Gasteiger partial charge in [-0.25, -0.2) is 9.59 Å². The fourth-order valence-corrected chi connectivity index (χ4v) is 1.06. The van der Waals surface area contributed by atoms with Gasteiger partial charge in [-0.05, 0) is 23.8 Å². The molecule has 1 rings (SSSR count). The van der Waals surface area contributed by atoms with E-state index in [1.165, 1.54) is 12.2 Å². The van der Waals surface area contributed by atoms with E-state index in [9.17, 15) is 9.59 Å². The van der Waals surface area contributed by atoms with Crippen LogP contribution in [-0.2, 0) is 14.3 Å². The summed E-state index contributed by atoms with van der Waals surface area (Å²) in [6.45, 7) is -0.633. The normalized spacial score (nSPS) is 10.2. The van der Waals surface area contributed by atoms with Gasteiger partial charge in [0.15, 0.2) is 6.61 Å². The molecule has 0 heterocycles. The van der Waals surface area contributed by atoms with Gasteiger partial charge in [-0.1, -0.05) is 12.1 Å². The zero-order chi connectivity index (χ0) is 12.7. The van der Waals surface area contributed by atoms with E-state index in [1.807, 2.05) is 0 Å². The highest BCUT2D eigenvalue weighted by Crippen LogP contribution is 2.12. The third-order valence-electron chi connectivity index (χ3n) is 1.87. The first kappa shape index (κ1) is 12.8. The van der Waals surface area contributed by atoms with Crippen molar-refractivity contribution in [3.63, 3.8) is 0 Å². The maximum Gasteiger partial charge on any atom is 0.341 e. The molecule has 0 aliphatic rings. The van der Waals surface area contributed by atoms with Gasteiger partial charge < -0.3 is 14.6 Å². The van der Waals surface area contributed by atoms with E-state index in [1.54, 1.807) is 31.4 Å². The lowest BCUT2D eigenvalue weighted by Gasteiger charge is -1.99. The molecule has 1 N–H and O–H groups in total. The molecule has 0 saturated carbocycles. The molecule has 0 aliphatic heterocycles. The van der Waals surface area contributed by atoms with Crippen molar-refractivity contribution in [1.82, 2.24) is 0 Å². The second-order valence-corrected chi connectivity index (χ2v) is 3.11. The van der Waals surface area contributed by atoms with Crippen LogP contribution in [0.1, 0.15) is 5.56 Å². The van der Waals surface area contributed by atoms with Crippen LogP contribution in [0.3, 0.4) is 0 Å². The molecule has 90 valence electrons. The molecule has 0 aromatic heterocycles. The molecule has 0 aliphatic carbocycles. The summed E-state index contributed by atoms with van der Waals surface area (Å²) in [6.07, 6.45) is 2.70. The molecule has 0 unspecified atom stereocenters. The molecule has 0 amide bonds. The van der Waals surface area contributed by atoms with Crippen LogP contribution in [0.5, 0.6) is 5.75 Å². The Morgan fingerprint density at radius 1 is 1.29 bits per heavy atom. The van der Waals surface area contributed by atoms with Crippen LogP contribution in [0.15, 0.2) is 30.3 Å². The standard InChI is InChI=1S/C12H12O5/c1-16-10-5-2-9(3-6-10)4-7-12(15)17-8-11(13)14/h2-7H,8H2,1H3,(H,13,14). The number of hydrogen-bond acceptors (Lipinski definition) is 4. The highest BCUT2D eigenvalue weighted by Gasteiger charge is 2.01. The Hall–Kier alpha value is -2.30. The van der Waals surface area contributed by atoms with Crippen molar-refractivity contribution >= 4 is 18.0 Å². The van der Waals surface area contributed by atoms with Crippen LogP contribution >= 0.6 is 0 Å². The minimum absolute atomic E-state index is 0.633. The summed E-state index contributed by atoms with van der Waals surface area (Å²) in [5, 5.41) is 8.29. The SMILES string of the molecule is COc1ccc(C=CC(=O)OCC(=O)O)cc1. The Morgan fingerprint density at radius 2 is 1.94 bits per heavy atom. The van der Waals surface area contributed by atoms with Gasteiger partial charge in [0.2, 0.25) is 0 Å². The lowest BCUT2D eigenvalue weighted by molar-refractivity contribution is -0.151. The molecule has 5 heteroatoms. The number of ether oxygens (including phenoxy) is 2. The summed E-state index contributed by atoms with van der Waals surface area (Å²) in [6, 6.07) is 7.03. The number of rotatable bonds is 5. The monoisotopic (exact) mass is 236 g/mol.